The summed E-state index contributed by atoms with van der Waals surface area (Å²) in [5.74, 6) is 0.934. The number of esters is 1. The first-order valence-electron chi connectivity index (χ1n) is 13.7. The predicted octanol–water partition coefficient (Wildman–Crippen LogP) is 4.33. The van der Waals surface area contributed by atoms with Crippen molar-refractivity contribution in [2.45, 2.75) is 58.1 Å². The summed E-state index contributed by atoms with van der Waals surface area (Å²) in [6.07, 6.45) is 4.55. The molecule has 0 aliphatic carbocycles. The number of piperidine rings is 1. The van der Waals surface area contributed by atoms with Crippen molar-refractivity contribution < 1.29 is 23.8 Å². The fraction of sp³-hybridized carbons (Fsp3) is 0.621. The van der Waals surface area contributed by atoms with Crippen molar-refractivity contribution >= 4 is 28.7 Å². The summed E-state index contributed by atoms with van der Waals surface area (Å²) in [6, 6.07) is 8.15. The van der Waals surface area contributed by atoms with Crippen LogP contribution in [0.4, 0.5) is 10.5 Å². The van der Waals surface area contributed by atoms with Crippen LogP contribution in [0.25, 0.3) is 10.9 Å². The highest BCUT2D eigenvalue weighted by Gasteiger charge is 2.35. The number of hydrogen-bond donors (Lipinski definition) is 0. The number of methoxy groups -OCH3 is 2. The molecule has 1 aromatic heterocycles. The van der Waals surface area contributed by atoms with Crippen LogP contribution in [0.5, 0.6) is 5.75 Å². The molecule has 208 valence electrons. The number of anilines is 1. The summed E-state index contributed by atoms with van der Waals surface area (Å²) in [6.45, 7) is 10.3. The van der Waals surface area contributed by atoms with E-state index in [1.54, 1.807) is 12.0 Å². The van der Waals surface area contributed by atoms with Crippen LogP contribution in [0, 0.1) is 5.92 Å². The number of fused-ring (bicyclic) bond motifs is 1. The molecule has 3 heterocycles. The number of hydrogen-bond acceptors (Lipinski definition) is 8. The molecule has 1 aromatic carbocycles. The molecule has 9 heteroatoms. The van der Waals surface area contributed by atoms with Gasteiger partial charge in [-0.2, -0.15) is 0 Å². The van der Waals surface area contributed by atoms with E-state index in [2.05, 4.69) is 20.9 Å². The third-order valence-electron chi connectivity index (χ3n) is 7.59. The number of rotatable bonds is 6. The smallest absolute Gasteiger partial charge is 0.410 e. The van der Waals surface area contributed by atoms with Gasteiger partial charge in [0.15, 0.2) is 0 Å². The molecule has 0 radical (unpaired) electrons. The molecule has 0 saturated carbocycles. The van der Waals surface area contributed by atoms with Crippen molar-refractivity contribution in [3.8, 4) is 5.75 Å². The first kappa shape index (κ1) is 28.0. The molecule has 2 saturated heterocycles. The lowest BCUT2D eigenvalue weighted by Crippen LogP contribution is -2.49. The largest absolute Gasteiger partial charge is 0.494 e. The van der Waals surface area contributed by atoms with Gasteiger partial charge in [0.2, 0.25) is 0 Å². The van der Waals surface area contributed by atoms with Gasteiger partial charge in [-0.1, -0.05) is 6.07 Å². The van der Waals surface area contributed by atoms with E-state index in [9.17, 15) is 9.59 Å². The Morgan fingerprint density at radius 2 is 1.79 bits per heavy atom. The molecule has 0 spiro atoms. The highest BCUT2D eigenvalue weighted by molar-refractivity contribution is 5.94. The van der Waals surface area contributed by atoms with Crippen LogP contribution in [-0.2, 0) is 14.3 Å². The molecule has 0 N–H and O–H groups in total. The van der Waals surface area contributed by atoms with E-state index in [4.69, 9.17) is 14.2 Å². The minimum Gasteiger partial charge on any atom is -0.494 e. The maximum atomic E-state index is 12.6. The standard InChI is InChI=1S/C29H42N4O5/c1-29(2,3)38-28(35)33-16-11-21(12-17-33)23(20-25(34)37-5)31-14-7-15-32(19-18-31)27-24(36-4)10-9-22-8-6-13-30-26(22)27/h6,8-10,13,21,23H,7,11-12,14-20H2,1-5H3. The molecule has 2 aromatic rings. The lowest BCUT2D eigenvalue weighted by atomic mass is 9.86. The first-order chi connectivity index (χ1) is 18.2. The van der Waals surface area contributed by atoms with Gasteiger partial charge < -0.3 is 24.0 Å². The van der Waals surface area contributed by atoms with Crippen LogP contribution in [0.3, 0.4) is 0 Å². The number of pyridine rings is 1. The Morgan fingerprint density at radius 1 is 1.03 bits per heavy atom. The summed E-state index contributed by atoms with van der Waals surface area (Å²) in [5.41, 5.74) is 1.46. The van der Waals surface area contributed by atoms with E-state index in [-0.39, 0.29) is 18.1 Å². The minimum absolute atomic E-state index is 0.0655. The Hall–Kier alpha value is -3.07. The average Bonchev–Trinajstić information content (AvgIpc) is 3.16. The third kappa shape index (κ3) is 6.67. The number of carbonyl (C=O) groups is 2. The number of benzene rings is 1. The lowest BCUT2D eigenvalue weighted by molar-refractivity contribution is -0.142. The van der Waals surface area contributed by atoms with Gasteiger partial charge in [0.25, 0.3) is 0 Å². The SMILES string of the molecule is COC(=O)CC(C1CCN(C(=O)OC(C)(C)C)CC1)N1CCCN(c2c(OC)ccc3cccnc23)CC1. The molecule has 9 nitrogen and oxygen atoms in total. The fourth-order valence-corrected chi connectivity index (χ4v) is 5.72. The van der Waals surface area contributed by atoms with Crippen molar-refractivity contribution in [2.75, 3.05) is 58.4 Å². The van der Waals surface area contributed by atoms with Gasteiger partial charge in [-0.3, -0.25) is 14.7 Å². The van der Waals surface area contributed by atoms with Crippen molar-refractivity contribution in [3.63, 3.8) is 0 Å². The lowest BCUT2D eigenvalue weighted by Gasteiger charge is -2.40. The molecule has 1 unspecified atom stereocenters. The molecule has 4 rings (SSSR count). The van der Waals surface area contributed by atoms with Crippen LogP contribution in [0.15, 0.2) is 30.5 Å². The zero-order valence-corrected chi connectivity index (χ0v) is 23.4. The molecule has 2 aliphatic rings. The Bertz CT molecular complexity index is 1110. The Morgan fingerprint density at radius 3 is 2.47 bits per heavy atom. The monoisotopic (exact) mass is 526 g/mol. The van der Waals surface area contributed by atoms with Gasteiger partial charge in [-0.05, 0) is 64.2 Å². The maximum Gasteiger partial charge on any atom is 0.410 e. The second-order valence-corrected chi connectivity index (χ2v) is 11.2. The number of amides is 1. The Labute approximate surface area is 226 Å². The second-order valence-electron chi connectivity index (χ2n) is 11.2. The van der Waals surface area contributed by atoms with E-state index >= 15 is 0 Å². The van der Waals surface area contributed by atoms with E-state index in [1.807, 2.05) is 45.2 Å². The summed E-state index contributed by atoms with van der Waals surface area (Å²) < 4.78 is 16.4. The zero-order valence-electron chi connectivity index (χ0n) is 23.4. The molecular formula is C29H42N4O5. The van der Waals surface area contributed by atoms with Crippen LogP contribution >= 0.6 is 0 Å². The van der Waals surface area contributed by atoms with Gasteiger partial charge in [0.1, 0.15) is 17.0 Å². The van der Waals surface area contributed by atoms with Crippen LogP contribution in [0.2, 0.25) is 0 Å². The van der Waals surface area contributed by atoms with Gasteiger partial charge in [-0.25, -0.2) is 4.79 Å². The number of aromatic nitrogens is 1. The molecule has 0 bridgehead atoms. The quantitative estimate of drug-likeness (QED) is 0.514. The van der Waals surface area contributed by atoms with Crippen LogP contribution in [0.1, 0.15) is 46.5 Å². The van der Waals surface area contributed by atoms with Gasteiger partial charge in [0.05, 0.1) is 26.2 Å². The summed E-state index contributed by atoms with van der Waals surface area (Å²) >= 11 is 0. The zero-order chi connectivity index (χ0) is 27.3. The van der Waals surface area contributed by atoms with E-state index < -0.39 is 5.60 Å². The van der Waals surface area contributed by atoms with Gasteiger partial charge in [-0.15, -0.1) is 0 Å². The van der Waals surface area contributed by atoms with E-state index in [0.717, 1.165) is 67.8 Å². The summed E-state index contributed by atoms with van der Waals surface area (Å²) in [5, 5.41) is 1.09. The van der Waals surface area contributed by atoms with Crippen molar-refractivity contribution in [2.24, 2.45) is 5.92 Å². The molecule has 1 amide bonds. The number of nitrogens with zero attached hydrogens (tertiary/aromatic N) is 4. The third-order valence-corrected chi connectivity index (χ3v) is 7.59. The van der Waals surface area contributed by atoms with Crippen LogP contribution in [-0.4, -0.2) is 92.0 Å². The van der Waals surface area contributed by atoms with Gasteiger partial charge >= 0.3 is 12.1 Å². The predicted molar refractivity (Wildman–Crippen MR) is 148 cm³/mol. The van der Waals surface area contributed by atoms with Gasteiger partial charge in [0, 0.05) is 56.9 Å². The molecule has 2 aliphatic heterocycles. The normalized spacial score (nSPS) is 18.7. The number of likely N-dealkylation sites (tertiary alicyclic amines) is 1. The Kier molecular flexibility index (Phi) is 8.97. The summed E-state index contributed by atoms with van der Waals surface area (Å²) in [7, 11) is 3.15. The second kappa shape index (κ2) is 12.2. The first-order valence-corrected chi connectivity index (χ1v) is 13.7. The van der Waals surface area contributed by atoms with Crippen molar-refractivity contribution in [1.82, 2.24) is 14.8 Å². The van der Waals surface area contributed by atoms with Crippen LogP contribution < -0.4 is 9.64 Å². The molecule has 2 fully saturated rings. The fourth-order valence-electron chi connectivity index (χ4n) is 5.72. The molecule has 38 heavy (non-hydrogen) atoms. The highest BCUT2D eigenvalue weighted by atomic mass is 16.6. The van der Waals surface area contributed by atoms with E-state index in [0.29, 0.717) is 25.4 Å². The van der Waals surface area contributed by atoms with E-state index in [1.165, 1.54) is 7.11 Å². The minimum atomic E-state index is -0.512. The number of ether oxygens (including phenoxy) is 3. The van der Waals surface area contributed by atoms with Crippen molar-refractivity contribution in [3.05, 3.63) is 30.5 Å². The van der Waals surface area contributed by atoms with Crippen molar-refractivity contribution in [1.29, 1.82) is 0 Å². The molecular weight excluding hydrogens is 484 g/mol. The Balaban J connectivity index is 1.48. The highest BCUT2D eigenvalue weighted by Crippen LogP contribution is 2.36. The average molecular weight is 527 g/mol. The topological polar surface area (TPSA) is 84.4 Å². The number of carbonyl (C=O) groups excluding carboxylic acids is 2. The summed E-state index contributed by atoms with van der Waals surface area (Å²) in [4.78, 5) is 36.3. The molecule has 1 atom stereocenters. The maximum absolute atomic E-state index is 12.6.